The van der Waals surface area contributed by atoms with Crippen LogP contribution in [0.5, 0.6) is 5.75 Å². The number of hydrogen-bond donors (Lipinski definition) is 1. The molecule has 4 nitrogen and oxygen atoms in total. The van der Waals surface area contributed by atoms with Crippen molar-refractivity contribution in [2.45, 2.75) is 0 Å². The second-order valence-electron chi connectivity index (χ2n) is 3.77. The third kappa shape index (κ3) is 3.33. The van der Waals surface area contributed by atoms with E-state index in [1.165, 1.54) is 19.2 Å². The SMILES string of the molecule is COc1ccc(NC(=O)c2nc(Cl)ccc2Cl)cc1Cl. The van der Waals surface area contributed by atoms with Crippen LogP contribution in [-0.4, -0.2) is 18.0 Å². The van der Waals surface area contributed by atoms with Crippen LogP contribution < -0.4 is 10.1 Å². The number of rotatable bonds is 3. The molecule has 0 bridgehead atoms. The first-order valence-electron chi connectivity index (χ1n) is 5.48. The molecule has 104 valence electrons. The second-order valence-corrected chi connectivity index (χ2v) is 4.97. The summed E-state index contributed by atoms with van der Waals surface area (Å²) < 4.78 is 5.03. The summed E-state index contributed by atoms with van der Waals surface area (Å²) in [6, 6.07) is 7.88. The minimum absolute atomic E-state index is 0.0473. The molecular formula is C13H9Cl3N2O2. The molecule has 7 heteroatoms. The lowest BCUT2D eigenvalue weighted by Gasteiger charge is -2.08. The summed E-state index contributed by atoms with van der Waals surface area (Å²) in [6.45, 7) is 0. The number of nitrogens with one attached hydrogen (secondary N) is 1. The van der Waals surface area contributed by atoms with Gasteiger partial charge in [0.05, 0.1) is 17.2 Å². The van der Waals surface area contributed by atoms with Gasteiger partial charge in [-0.15, -0.1) is 0 Å². The minimum Gasteiger partial charge on any atom is -0.495 e. The van der Waals surface area contributed by atoms with Crippen molar-refractivity contribution in [3.8, 4) is 5.75 Å². The summed E-state index contributed by atoms with van der Waals surface area (Å²) in [7, 11) is 1.51. The van der Waals surface area contributed by atoms with E-state index < -0.39 is 5.91 Å². The van der Waals surface area contributed by atoms with Crippen LogP contribution in [0.2, 0.25) is 15.2 Å². The van der Waals surface area contributed by atoms with Crippen molar-refractivity contribution in [2.75, 3.05) is 12.4 Å². The van der Waals surface area contributed by atoms with Gasteiger partial charge in [-0.2, -0.15) is 0 Å². The van der Waals surface area contributed by atoms with Crippen LogP contribution in [0.15, 0.2) is 30.3 Å². The first kappa shape index (κ1) is 14.9. The van der Waals surface area contributed by atoms with Crippen molar-refractivity contribution in [3.05, 3.63) is 51.2 Å². The van der Waals surface area contributed by atoms with Gasteiger partial charge in [0, 0.05) is 5.69 Å². The third-order valence-corrected chi connectivity index (χ3v) is 3.25. The summed E-state index contributed by atoms with van der Waals surface area (Å²) in [5.74, 6) is 0.0438. The number of aromatic nitrogens is 1. The Bertz CT molecular complexity index is 662. The summed E-state index contributed by atoms with van der Waals surface area (Å²) in [5, 5.41) is 3.42. The van der Waals surface area contributed by atoms with E-state index in [-0.39, 0.29) is 15.9 Å². The van der Waals surface area contributed by atoms with Gasteiger partial charge in [-0.1, -0.05) is 34.8 Å². The Morgan fingerprint density at radius 3 is 2.55 bits per heavy atom. The Balaban J connectivity index is 2.23. The van der Waals surface area contributed by atoms with Crippen molar-refractivity contribution in [1.82, 2.24) is 4.98 Å². The summed E-state index contributed by atoms with van der Waals surface area (Å²) in [4.78, 5) is 16.0. The minimum atomic E-state index is -0.473. The summed E-state index contributed by atoms with van der Waals surface area (Å²) in [6.07, 6.45) is 0. The summed E-state index contributed by atoms with van der Waals surface area (Å²) >= 11 is 17.6. The molecule has 0 fully saturated rings. The molecule has 20 heavy (non-hydrogen) atoms. The highest BCUT2D eigenvalue weighted by Gasteiger charge is 2.14. The first-order chi connectivity index (χ1) is 9.51. The molecule has 1 aromatic carbocycles. The number of amides is 1. The van der Waals surface area contributed by atoms with E-state index in [4.69, 9.17) is 39.5 Å². The number of methoxy groups -OCH3 is 1. The molecule has 0 unspecified atom stereocenters. The Hall–Kier alpha value is -1.49. The number of ether oxygens (including phenoxy) is 1. The summed E-state index contributed by atoms with van der Waals surface area (Å²) in [5.41, 5.74) is 0.546. The van der Waals surface area contributed by atoms with Crippen LogP contribution in [-0.2, 0) is 0 Å². The maximum absolute atomic E-state index is 12.1. The van der Waals surface area contributed by atoms with Crippen LogP contribution in [0.3, 0.4) is 0 Å². The van der Waals surface area contributed by atoms with E-state index in [9.17, 15) is 4.79 Å². The van der Waals surface area contributed by atoms with Gasteiger partial charge in [-0.05, 0) is 30.3 Å². The van der Waals surface area contributed by atoms with Crippen molar-refractivity contribution in [1.29, 1.82) is 0 Å². The van der Waals surface area contributed by atoms with E-state index in [0.29, 0.717) is 16.5 Å². The number of carbonyl (C=O) groups is 1. The van der Waals surface area contributed by atoms with E-state index >= 15 is 0 Å². The molecule has 0 aliphatic rings. The van der Waals surface area contributed by atoms with Gasteiger partial charge in [0.2, 0.25) is 0 Å². The first-order valence-corrected chi connectivity index (χ1v) is 6.61. The highest BCUT2D eigenvalue weighted by molar-refractivity contribution is 6.35. The predicted molar refractivity (Wildman–Crippen MR) is 80.2 cm³/mol. The number of benzene rings is 1. The fraction of sp³-hybridized carbons (Fsp3) is 0.0769. The molecule has 1 amide bonds. The van der Waals surface area contributed by atoms with E-state index in [2.05, 4.69) is 10.3 Å². The molecule has 0 aliphatic heterocycles. The van der Waals surface area contributed by atoms with Gasteiger partial charge in [-0.3, -0.25) is 4.79 Å². The molecular weight excluding hydrogens is 323 g/mol. The molecule has 2 rings (SSSR count). The van der Waals surface area contributed by atoms with E-state index in [1.807, 2.05) is 0 Å². The number of nitrogens with zero attached hydrogens (tertiary/aromatic N) is 1. The van der Waals surface area contributed by atoms with Crippen molar-refractivity contribution < 1.29 is 9.53 Å². The smallest absolute Gasteiger partial charge is 0.275 e. The van der Waals surface area contributed by atoms with Crippen LogP contribution in [0.4, 0.5) is 5.69 Å². The fourth-order valence-corrected chi connectivity index (χ4v) is 2.11. The van der Waals surface area contributed by atoms with E-state index in [0.717, 1.165) is 0 Å². The number of halogens is 3. The lowest BCUT2D eigenvalue weighted by atomic mass is 10.2. The fourth-order valence-electron chi connectivity index (χ4n) is 1.51. The molecule has 2 aromatic rings. The van der Waals surface area contributed by atoms with Crippen LogP contribution in [0.1, 0.15) is 10.5 Å². The molecule has 0 saturated heterocycles. The van der Waals surface area contributed by atoms with Crippen molar-refractivity contribution in [3.63, 3.8) is 0 Å². The Morgan fingerprint density at radius 2 is 1.90 bits per heavy atom. The Kier molecular flexibility index (Phi) is 4.70. The molecule has 0 radical (unpaired) electrons. The van der Waals surface area contributed by atoms with E-state index in [1.54, 1.807) is 18.2 Å². The second kappa shape index (κ2) is 6.31. The highest BCUT2D eigenvalue weighted by Crippen LogP contribution is 2.27. The number of anilines is 1. The molecule has 0 aliphatic carbocycles. The van der Waals surface area contributed by atoms with Gasteiger partial charge in [0.1, 0.15) is 16.6 Å². The van der Waals surface area contributed by atoms with Crippen LogP contribution in [0.25, 0.3) is 0 Å². The number of pyridine rings is 1. The largest absolute Gasteiger partial charge is 0.495 e. The number of carbonyl (C=O) groups excluding carboxylic acids is 1. The van der Waals surface area contributed by atoms with Crippen LogP contribution >= 0.6 is 34.8 Å². The Morgan fingerprint density at radius 1 is 1.15 bits per heavy atom. The molecule has 1 aromatic heterocycles. The normalized spacial score (nSPS) is 10.2. The lowest BCUT2D eigenvalue weighted by molar-refractivity contribution is 0.102. The van der Waals surface area contributed by atoms with Crippen LogP contribution in [0, 0.1) is 0 Å². The average molecular weight is 332 g/mol. The molecule has 1 heterocycles. The van der Waals surface area contributed by atoms with Crippen molar-refractivity contribution >= 4 is 46.4 Å². The highest BCUT2D eigenvalue weighted by atomic mass is 35.5. The molecule has 1 N–H and O–H groups in total. The topological polar surface area (TPSA) is 51.2 Å². The van der Waals surface area contributed by atoms with Gasteiger partial charge in [-0.25, -0.2) is 4.98 Å². The zero-order valence-electron chi connectivity index (χ0n) is 10.3. The Labute approximate surface area is 130 Å². The van der Waals surface area contributed by atoms with Gasteiger partial charge < -0.3 is 10.1 Å². The molecule has 0 saturated carbocycles. The standard InChI is InChI=1S/C13H9Cl3N2O2/c1-20-10-4-2-7(6-9(10)15)17-13(19)12-8(14)3-5-11(16)18-12/h2-6H,1H3,(H,17,19). The maximum atomic E-state index is 12.1. The molecule has 0 spiro atoms. The predicted octanol–water partition coefficient (Wildman–Crippen LogP) is 4.30. The number of hydrogen-bond acceptors (Lipinski definition) is 3. The quantitative estimate of drug-likeness (QED) is 0.853. The van der Waals surface area contributed by atoms with Gasteiger partial charge >= 0.3 is 0 Å². The van der Waals surface area contributed by atoms with Gasteiger partial charge in [0.15, 0.2) is 0 Å². The maximum Gasteiger partial charge on any atom is 0.275 e. The molecule has 0 atom stereocenters. The zero-order chi connectivity index (χ0) is 14.7. The van der Waals surface area contributed by atoms with Gasteiger partial charge in [0.25, 0.3) is 5.91 Å². The average Bonchev–Trinajstić information content (AvgIpc) is 2.41. The van der Waals surface area contributed by atoms with Crippen molar-refractivity contribution in [2.24, 2.45) is 0 Å². The lowest BCUT2D eigenvalue weighted by Crippen LogP contribution is -2.14. The zero-order valence-corrected chi connectivity index (χ0v) is 12.6. The monoisotopic (exact) mass is 330 g/mol. The third-order valence-electron chi connectivity index (χ3n) is 2.44.